The van der Waals surface area contributed by atoms with Gasteiger partial charge in [-0.05, 0) is 17.7 Å². The van der Waals surface area contributed by atoms with Crippen molar-refractivity contribution in [2.24, 2.45) is 0 Å². The molecule has 0 saturated carbocycles. The summed E-state index contributed by atoms with van der Waals surface area (Å²) in [4.78, 5) is 15.9. The van der Waals surface area contributed by atoms with Gasteiger partial charge in [-0.3, -0.25) is 4.79 Å². The normalized spacial score (nSPS) is 10.4. The summed E-state index contributed by atoms with van der Waals surface area (Å²) in [6, 6.07) is 13.5. The van der Waals surface area contributed by atoms with Crippen molar-refractivity contribution in [1.82, 2.24) is 15.2 Å². The van der Waals surface area contributed by atoms with E-state index in [2.05, 4.69) is 25.8 Å². The second-order valence-electron chi connectivity index (χ2n) is 4.89. The maximum atomic E-state index is 12.0. The molecule has 1 amide bonds. The van der Waals surface area contributed by atoms with Crippen LogP contribution in [-0.2, 0) is 11.3 Å². The fraction of sp³-hybridized carbons (Fsp3) is 0.125. The molecule has 128 valence electrons. The zero-order valence-electron chi connectivity index (χ0n) is 13.0. The van der Waals surface area contributed by atoms with Crippen LogP contribution in [0, 0.1) is 0 Å². The van der Waals surface area contributed by atoms with Crippen LogP contribution in [0.2, 0.25) is 5.15 Å². The molecule has 2 N–H and O–H groups in total. The van der Waals surface area contributed by atoms with E-state index in [9.17, 15) is 4.79 Å². The lowest BCUT2D eigenvalue weighted by Gasteiger charge is -2.04. The quantitative estimate of drug-likeness (QED) is 0.469. The highest BCUT2D eigenvalue weighted by Gasteiger charge is 2.10. The summed E-state index contributed by atoms with van der Waals surface area (Å²) in [5.74, 6) is 0.0485. The van der Waals surface area contributed by atoms with Crippen molar-refractivity contribution >= 4 is 51.4 Å². The number of benzene rings is 1. The topological polar surface area (TPSA) is 79.8 Å². The molecule has 0 bridgehead atoms. The molecule has 0 aliphatic rings. The van der Waals surface area contributed by atoms with Crippen LogP contribution in [0.25, 0.3) is 0 Å². The molecular weight excluding hydrogens is 378 g/mol. The Labute approximate surface area is 158 Å². The van der Waals surface area contributed by atoms with Crippen LogP contribution in [0.15, 0.2) is 53.0 Å². The van der Waals surface area contributed by atoms with E-state index in [1.807, 2.05) is 30.3 Å². The lowest BCUT2D eigenvalue weighted by Crippen LogP contribution is -2.14. The Balaban J connectivity index is 1.47. The number of rotatable bonds is 7. The number of carbonyl (C=O) groups excluding carboxylic acids is 1. The second-order valence-corrected chi connectivity index (χ2v) is 7.45. The summed E-state index contributed by atoms with van der Waals surface area (Å²) in [5.41, 5.74) is 1.66. The lowest BCUT2D eigenvalue weighted by atomic mass is 10.2. The van der Waals surface area contributed by atoms with Crippen molar-refractivity contribution < 1.29 is 4.79 Å². The van der Waals surface area contributed by atoms with Crippen LogP contribution in [0.1, 0.15) is 5.56 Å². The minimum absolute atomic E-state index is 0.172. The Morgan fingerprint density at radius 1 is 1.16 bits per heavy atom. The van der Waals surface area contributed by atoms with Crippen LogP contribution < -0.4 is 10.6 Å². The molecule has 6 nitrogen and oxygen atoms in total. The van der Waals surface area contributed by atoms with Gasteiger partial charge in [0.1, 0.15) is 0 Å². The summed E-state index contributed by atoms with van der Waals surface area (Å²) in [7, 11) is 0. The number of hydrogen-bond acceptors (Lipinski definition) is 7. The van der Waals surface area contributed by atoms with E-state index < -0.39 is 0 Å². The zero-order chi connectivity index (χ0) is 17.5. The first-order valence-corrected chi connectivity index (χ1v) is 9.53. The predicted octanol–water partition coefficient (Wildman–Crippen LogP) is 3.93. The number of halogens is 1. The lowest BCUT2D eigenvalue weighted by molar-refractivity contribution is -0.113. The molecule has 0 radical (unpaired) electrons. The molecule has 0 aliphatic carbocycles. The molecule has 0 fully saturated rings. The number of hydrogen-bond donors (Lipinski definition) is 2. The zero-order valence-corrected chi connectivity index (χ0v) is 15.4. The van der Waals surface area contributed by atoms with Crippen molar-refractivity contribution in [3.05, 3.63) is 59.4 Å². The summed E-state index contributed by atoms with van der Waals surface area (Å²) < 4.78 is 0.725. The standard InChI is InChI=1S/C16H14ClN5OS2/c17-14-12(7-4-8-18-14)20-13(23)10-24-16-22-21-15(25-16)19-9-11-5-2-1-3-6-11/h1-8H,9-10H2,(H,19,21)(H,20,23). The highest BCUT2D eigenvalue weighted by atomic mass is 35.5. The number of nitrogens with zero attached hydrogens (tertiary/aromatic N) is 3. The number of pyridine rings is 1. The van der Waals surface area contributed by atoms with E-state index in [1.165, 1.54) is 28.7 Å². The monoisotopic (exact) mass is 391 g/mol. The Hall–Kier alpha value is -2.16. The molecular formula is C16H14ClN5OS2. The molecule has 25 heavy (non-hydrogen) atoms. The largest absolute Gasteiger partial charge is 0.356 e. The highest BCUT2D eigenvalue weighted by Crippen LogP contribution is 2.26. The minimum atomic E-state index is -0.172. The van der Waals surface area contributed by atoms with Gasteiger partial charge < -0.3 is 10.6 Å². The minimum Gasteiger partial charge on any atom is -0.356 e. The number of amides is 1. The Kier molecular flexibility index (Phi) is 6.21. The Morgan fingerprint density at radius 2 is 2.00 bits per heavy atom. The number of nitrogens with one attached hydrogen (secondary N) is 2. The van der Waals surface area contributed by atoms with Crippen LogP contribution in [0.5, 0.6) is 0 Å². The summed E-state index contributed by atoms with van der Waals surface area (Å²) in [6.07, 6.45) is 1.57. The number of thioether (sulfide) groups is 1. The van der Waals surface area contributed by atoms with Gasteiger partial charge in [0.25, 0.3) is 0 Å². The molecule has 1 aromatic carbocycles. The summed E-state index contributed by atoms with van der Waals surface area (Å²) in [6.45, 7) is 0.681. The predicted molar refractivity (Wildman–Crippen MR) is 102 cm³/mol. The molecule has 0 atom stereocenters. The molecule has 0 aliphatic heterocycles. The summed E-state index contributed by atoms with van der Waals surface area (Å²) >= 11 is 8.65. The maximum absolute atomic E-state index is 12.0. The van der Waals surface area contributed by atoms with Gasteiger partial charge in [0, 0.05) is 12.7 Å². The third-order valence-electron chi connectivity index (χ3n) is 3.05. The first-order valence-electron chi connectivity index (χ1n) is 7.35. The molecule has 3 rings (SSSR count). The van der Waals surface area contributed by atoms with Crippen LogP contribution in [-0.4, -0.2) is 26.8 Å². The fourth-order valence-electron chi connectivity index (χ4n) is 1.91. The van der Waals surface area contributed by atoms with Gasteiger partial charge in [0.05, 0.1) is 11.4 Å². The number of carbonyl (C=O) groups is 1. The van der Waals surface area contributed by atoms with Gasteiger partial charge in [-0.2, -0.15) is 0 Å². The maximum Gasteiger partial charge on any atom is 0.234 e. The SMILES string of the molecule is O=C(CSc1nnc(NCc2ccccc2)s1)Nc1cccnc1Cl. The van der Waals surface area contributed by atoms with Gasteiger partial charge in [-0.25, -0.2) is 4.98 Å². The first kappa shape index (κ1) is 17.7. The van der Waals surface area contributed by atoms with Crippen molar-refractivity contribution in [3.8, 4) is 0 Å². The van der Waals surface area contributed by atoms with E-state index in [-0.39, 0.29) is 16.8 Å². The molecule has 3 aromatic rings. The molecule has 0 unspecified atom stereocenters. The van der Waals surface area contributed by atoms with E-state index in [0.29, 0.717) is 12.2 Å². The summed E-state index contributed by atoms with van der Waals surface area (Å²) in [5, 5.41) is 15.1. The van der Waals surface area contributed by atoms with Gasteiger partial charge in [-0.1, -0.05) is 65.0 Å². The molecule has 2 aromatic heterocycles. The second kappa shape index (κ2) is 8.80. The van der Waals surface area contributed by atoms with E-state index >= 15 is 0 Å². The van der Waals surface area contributed by atoms with Crippen LogP contribution >= 0.6 is 34.7 Å². The highest BCUT2D eigenvalue weighted by molar-refractivity contribution is 8.01. The van der Waals surface area contributed by atoms with Gasteiger partial charge in [-0.15, -0.1) is 10.2 Å². The number of anilines is 2. The van der Waals surface area contributed by atoms with Crippen molar-refractivity contribution in [3.63, 3.8) is 0 Å². The van der Waals surface area contributed by atoms with Crippen molar-refractivity contribution in [2.75, 3.05) is 16.4 Å². The Bertz CT molecular complexity index is 843. The van der Waals surface area contributed by atoms with Gasteiger partial charge >= 0.3 is 0 Å². The van der Waals surface area contributed by atoms with Gasteiger partial charge in [0.15, 0.2) is 9.49 Å². The Morgan fingerprint density at radius 3 is 2.80 bits per heavy atom. The van der Waals surface area contributed by atoms with Crippen molar-refractivity contribution in [1.29, 1.82) is 0 Å². The number of aromatic nitrogens is 3. The van der Waals surface area contributed by atoms with E-state index in [4.69, 9.17) is 11.6 Å². The molecule has 0 spiro atoms. The first-order chi connectivity index (χ1) is 12.2. The van der Waals surface area contributed by atoms with Crippen molar-refractivity contribution in [2.45, 2.75) is 10.9 Å². The van der Waals surface area contributed by atoms with Gasteiger partial charge in [0.2, 0.25) is 11.0 Å². The van der Waals surface area contributed by atoms with E-state index in [1.54, 1.807) is 18.3 Å². The van der Waals surface area contributed by atoms with E-state index in [0.717, 1.165) is 9.47 Å². The third kappa shape index (κ3) is 5.42. The fourth-order valence-corrected chi connectivity index (χ4v) is 3.62. The van der Waals surface area contributed by atoms with Crippen LogP contribution in [0.3, 0.4) is 0 Å². The third-order valence-corrected chi connectivity index (χ3v) is 5.37. The molecule has 0 saturated heterocycles. The average Bonchev–Trinajstić information content (AvgIpc) is 3.09. The average molecular weight is 392 g/mol. The van der Waals surface area contributed by atoms with Crippen LogP contribution in [0.4, 0.5) is 10.8 Å². The smallest absolute Gasteiger partial charge is 0.234 e. The molecule has 9 heteroatoms. The molecule has 2 heterocycles.